The van der Waals surface area contributed by atoms with Crippen LogP contribution in [0.2, 0.25) is 0 Å². The van der Waals surface area contributed by atoms with E-state index >= 15 is 0 Å². The van der Waals surface area contributed by atoms with Gasteiger partial charge in [0.25, 0.3) is 0 Å². The van der Waals surface area contributed by atoms with Gasteiger partial charge >= 0.3 is 12.1 Å². The number of nitrogens with one attached hydrogen (secondary N) is 2. The molecule has 0 aliphatic heterocycles. The Hall–Kier alpha value is -3.35. The van der Waals surface area contributed by atoms with Gasteiger partial charge in [0.15, 0.2) is 0 Å². The number of benzene rings is 2. The first-order chi connectivity index (χ1) is 16.2. The van der Waals surface area contributed by atoms with Crippen molar-refractivity contribution in [2.24, 2.45) is 5.41 Å². The molecule has 0 saturated carbocycles. The van der Waals surface area contributed by atoms with Crippen LogP contribution in [0.15, 0.2) is 48.5 Å². The van der Waals surface area contributed by atoms with Crippen molar-refractivity contribution in [2.75, 3.05) is 13.2 Å². The van der Waals surface area contributed by atoms with Gasteiger partial charge in [-0.15, -0.1) is 0 Å². The third-order valence-electron chi connectivity index (χ3n) is 6.53. The minimum Gasteiger partial charge on any atom is -0.481 e. The summed E-state index contributed by atoms with van der Waals surface area (Å²) in [5, 5.41) is 14.8. The third-order valence-corrected chi connectivity index (χ3v) is 6.53. The van der Waals surface area contributed by atoms with Crippen molar-refractivity contribution in [3.8, 4) is 11.1 Å². The van der Waals surface area contributed by atoms with E-state index in [4.69, 9.17) is 9.84 Å². The van der Waals surface area contributed by atoms with Gasteiger partial charge in [0.1, 0.15) is 6.61 Å². The topological polar surface area (TPSA) is 105 Å². The molecule has 2 amide bonds. The van der Waals surface area contributed by atoms with Crippen LogP contribution < -0.4 is 10.6 Å². The Morgan fingerprint density at radius 2 is 1.62 bits per heavy atom. The summed E-state index contributed by atoms with van der Waals surface area (Å²) in [6.07, 6.45) is 1.26. The molecule has 3 N–H and O–H groups in total. The fourth-order valence-electron chi connectivity index (χ4n) is 4.20. The summed E-state index contributed by atoms with van der Waals surface area (Å²) < 4.78 is 5.60. The number of fused-ring (bicyclic) bond motifs is 3. The Kier molecular flexibility index (Phi) is 8.31. The maximum Gasteiger partial charge on any atom is 0.407 e. The Morgan fingerprint density at radius 1 is 1.03 bits per heavy atom. The van der Waals surface area contributed by atoms with E-state index in [1.807, 2.05) is 31.2 Å². The number of carboxylic acids is 1. The lowest BCUT2D eigenvalue weighted by atomic mass is 9.90. The number of carbonyl (C=O) groups is 3. The second-order valence-corrected chi connectivity index (χ2v) is 9.40. The molecule has 34 heavy (non-hydrogen) atoms. The number of aliphatic carboxylic acids is 1. The molecule has 3 rings (SSSR count). The van der Waals surface area contributed by atoms with Crippen molar-refractivity contribution < 1.29 is 24.2 Å². The van der Waals surface area contributed by atoms with Gasteiger partial charge in [-0.1, -0.05) is 55.5 Å². The maximum absolute atomic E-state index is 12.5. The summed E-state index contributed by atoms with van der Waals surface area (Å²) in [6, 6.07) is 16.2. The molecular formula is C27H34N2O5. The molecule has 0 saturated heterocycles. The number of alkyl carbamates (subject to hydrolysis) is 1. The molecule has 0 aromatic heterocycles. The highest BCUT2D eigenvalue weighted by Crippen LogP contribution is 2.44. The van der Waals surface area contributed by atoms with Crippen molar-refractivity contribution in [1.29, 1.82) is 0 Å². The second kappa shape index (κ2) is 11.2. The van der Waals surface area contributed by atoms with Gasteiger partial charge in [-0.3, -0.25) is 9.59 Å². The summed E-state index contributed by atoms with van der Waals surface area (Å²) in [5.41, 5.74) is 3.79. The van der Waals surface area contributed by atoms with E-state index in [9.17, 15) is 14.4 Å². The van der Waals surface area contributed by atoms with Gasteiger partial charge in [0.05, 0.1) is 5.41 Å². The number of rotatable bonds is 11. The molecule has 7 heteroatoms. The van der Waals surface area contributed by atoms with Crippen molar-refractivity contribution in [3.05, 3.63) is 59.7 Å². The Bertz CT molecular complexity index is 988. The van der Waals surface area contributed by atoms with E-state index in [1.165, 1.54) is 11.1 Å². The lowest BCUT2D eigenvalue weighted by Crippen LogP contribution is -2.37. The van der Waals surface area contributed by atoms with Crippen LogP contribution in [0.1, 0.15) is 63.5 Å². The average molecular weight is 467 g/mol. The molecular weight excluding hydrogens is 432 g/mol. The van der Waals surface area contributed by atoms with Crippen LogP contribution in [0.25, 0.3) is 11.1 Å². The first-order valence-corrected chi connectivity index (χ1v) is 11.8. The molecule has 1 atom stereocenters. The maximum atomic E-state index is 12.5. The summed E-state index contributed by atoms with van der Waals surface area (Å²) >= 11 is 0. The highest BCUT2D eigenvalue weighted by Gasteiger charge is 2.29. The van der Waals surface area contributed by atoms with Crippen LogP contribution >= 0.6 is 0 Å². The first kappa shape index (κ1) is 25.3. The highest BCUT2D eigenvalue weighted by molar-refractivity contribution is 5.79. The van der Waals surface area contributed by atoms with Crippen LogP contribution in [0.5, 0.6) is 0 Å². The summed E-state index contributed by atoms with van der Waals surface area (Å²) in [7, 11) is 0. The van der Waals surface area contributed by atoms with Crippen LogP contribution in [-0.2, 0) is 14.3 Å². The Labute approximate surface area is 200 Å². The summed E-state index contributed by atoms with van der Waals surface area (Å²) in [6.45, 7) is 5.76. The molecule has 2 aromatic rings. The van der Waals surface area contributed by atoms with Crippen molar-refractivity contribution in [2.45, 2.75) is 58.4 Å². The van der Waals surface area contributed by atoms with Gasteiger partial charge in [-0.2, -0.15) is 0 Å². The molecule has 2 aromatic carbocycles. The summed E-state index contributed by atoms with van der Waals surface area (Å²) in [5.74, 6) is -1.05. The normalized spacial score (nSPS) is 13.5. The number of carboxylic acid groups (broad SMARTS) is 1. The van der Waals surface area contributed by atoms with Gasteiger partial charge in [0, 0.05) is 24.9 Å². The van der Waals surface area contributed by atoms with E-state index in [1.54, 1.807) is 13.8 Å². The highest BCUT2D eigenvalue weighted by atomic mass is 16.5. The fourth-order valence-corrected chi connectivity index (χ4v) is 4.20. The van der Waals surface area contributed by atoms with Crippen molar-refractivity contribution in [3.63, 3.8) is 0 Å². The van der Waals surface area contributed by atoms with Crippen LogP contribution in [-0.4, -0.2) is 42.3 Å². The zero-order chi connectivity index (χ0) is 24.7. The number of hydrogen-bond donors (Lipinski definition) is 3. The monoisotopic (exact) mass is 466 g/mol. The lowest BCUT2D eigenvalue weighted by Gasteiger charge is -2.20. The van der Waals surface area contributed by atoms with Crippen LogP contribution in [0, 0.1) is 5.41 Å². The van der Waals surface area contributed by atoms with E-state index in [2.05, 4.69) is 34.9 Å². The molecule has 182 valence electrons. The van der Waals surface area contributed by atoms with Crippen LogP contribution in [0.3, 0.4) is 0 Å². The average Bonchev–Trinajstić information content (AvgIpc) is 3.14. The first-order valence-electron chi connectivity index (χ1n) is 11.8. The molecule has 0 heterocycles. The van der Waals surface area contributed by atoms with Gasteiger partial charge in [-0.05, 0) is 55.4 Å². The number of amides is 2. The van der Waals surface area contributed by atoms with E-state index < -0.39 is 17.5 Å². The molecule has 1 aliphatic rings. The van der Waals surface area contributed by atoms with Crippen molar-refractivity contribution in [1.82, 2.24) is 10.6 Å². The van der Waals surface area contributed by atoms with Gasteiger partial charge < -0.3 is 20.5 Å². The fraction of sp³-hybridized carbons (Fsp3) is 0.444. The smallest absolute Gasteiger partial charge is 0.407 e. The second-order valence-electron chi connectivity index (χ2n) is 9.40. The predicted molar refractivity (Wildman–Crippen MR) is 131 cm³/mol. The largest absolute Gasteiger partial charge is 0.481 e. The van der Waals surface area contributed by atoms with E-state index in [0.717, 1.165) is 11.1 Å². The molecule has 0 bridgehead atoms. The molecule has 0 radical (unpaired) electrons. The quantitative estimate of drug-likeness (QED) is 0.445. The van der Waals surface area contributed by atoms with Crippen LogP contribution in [0.4, 0.5) is 4.79 Å². The Balaban J connectivity index is 1.45. The van der Waals surface area contributed by atoms with E-state index in [0.29, 0.717) is 25.8 Å². The standard InChI is InChI=1S/C27H34N2O5/c1-4-18(13-14-24(30)28-16-15-27(2,3)25(31)32)29-26(33)34-17-23-21-11-7-5-9-19(21)20-10-6-8-12-22(20)23/h5-12,18,23H,4,13-17H2,1-3H3,(H,28,30)(H,29,33)(H,31,32). The third kappa shape index (κ3) is 6.16. The zero-order valence-electron chi connectivity index (χ0n) is 20.1. The van der Waals surface area contributed by atoms with Gasteiger partial charge in [-0.25, -0.2) is 4.79 Å². The number of hydrogen-bond acceptors (Lipinski definition) is 4. The van der Waals surface area contributed by atoms with E-state index in [-0.39, 0.29) is 30.9 Å². The molecule has 1 aliphatic carbocycles. The predicted octanol–water partition coefficient (Wildman–Crippen LogP) is 4.70. The number of carbonyl (C=O) groups excluding carboxylic acids is 2. The minimum absolute atomic E-state index is 0.000873. The Morgan fingerprint density at radius 3 is 2.18 bits per heavy atom. The minimum atomic E-state index is -0.889. The van der Waals surface area contributed by atoms with Crippen molar-refractivity contribution >= 4 is 18.0 Å². The lowest BCUT2D eigenvalue weighted by molar-refractivity contribution is -0.147. The number of ether oxygens (including phenoxy) is 1. The molecule has 7 nitrogen and oxygen atoms in total. The summed E-state index contributed by atoms with van der Waals surface area (Å²) in [4.78, 5) is 35.8. The SMILES string of the molecule is CCC(CCC(=O)NCCC(C)(C)C(=O)O)NC(=O)OCC1c2ccccc2-c2ccccc21. The molecule has 0 fully saturated rings. The van der Waals surface area contributed by atoms with Gasteiger partial charge in [0.2, 0.25) is 5.91 Å². The molecule has 1 unspecified atom stereocenters. The molecule has 0 spiro atoms. The zero-order valence-corrected chi connectivity index (χ0v) is 20.1.